The van der Waals surface area contributed by atoms with E-state index in [1.54, 1.807) is 12.1 Å². The average Bonchev–Trinajstić information content (AvgIpc) is 2.41. The second-order valence-corrected chi connectivity index (χ2v) is 6.29. The first kappa shape index (κ1) is 14.4. The highest BCUT2D eigenvalue weighted by Crippen LogP contribution is 2.25. The standard InChI is InChI=1S/C17H27NO/c1-13-10-11-18(12-14(13)2)15(3)4-5-16-6-8-17(19)9-7-16/h6-9,13-15,19H,4-5,10-12H2,1-3H3. The van der Waals surface area contributed by atoms with Crippen LogP contribution < -0.4 is 0 Å². The van der Waals surface area contributed by atoms with Gasteiger partial charge >= 0.3 is 0 Å². The molecule has 1 fully saturated rings. The van der Waals surface area contributed by atoms with Gasteiger partial charge in [0.15, 0.2) is 0 Å². The van der Waals surface area contributed by atoms with Gasteiger partial charge in [-0.2, -0.15) is 0 Å². The Balaban J connectivity index is 1.81. The second-order valence-electron chi connectivity index (χ2n) is 6.29. The van der Waals surface area contributed by atoms with Crippen molar-refractivity contribution in [2.75, 3.05) is 13.1 Å². The lowest BCUT2D eigenvalue weighted by Crippen LogP contribution is -2.43. The first-order chi connectivity index (χ1) is 9.06. The molecule has 1 saturated heterocycles. The van der Waals surface area contributed by atoms with E-state index >= 15 is 0 Å². The summed E-state index contributed by atoms with van der Waals surface area (Å²) in [6.45, 7) is 9.61. The summed E-state index contributed by atoms with van der Waals surface area (Å²) >= 11 is 0. The molecule has 1 aliphatic rings. The van der Waals surface area contributed by atoms with Crippen molar-refractivity contribution in [2.24, 2.45) is 11.8 Å². The molecular formula is C17H27NO. The third-order valence-corrected chi connectivity index (χ3v) is 4.78. The van der Waals surface area contributed by atoms with E-state index in [1.165, 1.54) is 31.5 Å². The molecule has 3 atom stereocenters. The fraction of sp³-hybridized carbons (Fsp3) is 0.647. The number of hydrogen-bond acceptors (Lipinski definition) is 2. The van der Waals surface area contributed by atoms with Gasteiger partial charge in [0.2, 0.25) is 0 Å². The van der Waals surface area contributed by atoms with Crippen molar-refractivity contribution in [1.29, 1.82) is 0 Å². The molecule has 1 aliphatic heterocycles. The van der Waals surface area contributed by atoms with Gasteiger partial charge in [0.05, 0.1) is 0 Å². The summed E-state index contributed by atoms with van der Waals surface area (Å²) in [5.41, 5.74) is 1.32. The van der Waals surface area contributed by atoms with Gasteiger partial charge in [0.25, 0.3) is 0 Å². The number of nitrogens with zero attached hydrogens (tertiary/aromatic N) is 1. The summed E-state index contributed by atoms with van der Waals surface area (Å²) in [5, 5.41) is 9.28. The van der Waals surface area contributed by atoms with E-state index in [9.17, 15) is 5.11 Å². The van der Waals surface area contributed by atoms with E-state index in [0.717, 1.165) is 18.3 Å². The van der Waals surface area contributed by atoms with Crippen molar-refractivity contribution >= 4 is 0 Å². The number of aromatic hydroxyl groups is 1. The zero-order chi connectivity index (χ0) is 13.8. The molecule has 106 valence electrons. The minimum atomic E-state index is 0.357. The number of piperidine rings is 1. The molecule has 0 radical (unpaired) electrons. The Hall–Kier alpha value is -1.02. The second kappa shape index (κ2) is 6.42. The minimum Gasteiger partial charge on any atom is -0.508 e. The molecule has 19 heavy (non-hydrogen) atoms. The highest BCUT2D eigenvalue weighted by Gasteiger charge is 2.25. The van der Waals surface area contributed by atoms with Crippen molar-refractivity contribution in [3.05, 3.63) is 29.8 Å². The molecule has 1 aromatic rings. The Morgan fingerprint density at radius 1 is 1.21 bits per heavy atom. The van der Waals surface area contributed by atoms with Gasteiger partial charge in [-0.15, -0.1) is 0 Å². The minimum absolute atomic E-state index is 0.357. The summed E-state index contributed by atoms with van der Waals surface area (Å²) < 4.78 is 0. The summed E-state index contributed by atoms with van der Waals surface area (Å²) in [6, 6.07) is 8.28. The maximum absolute atomic E-state index is 9.28. The smallest absolute Gasteiger partial charge is 0.115 e. The Kier molecular flexibility index (Phi) is 4.87. The van der Waals surface area contributed by atoms with E-state index in [-0.39, 0.29) is 0 Å². The van der Waals surface area contributed by atoms with Crippen LogP contribution in [0, 0.1) is 11.8 Å². The van der Waals surface area contributed by atoms with Crippen molar-refractivity contribution in [3.8, 4) is 5.75 Å². The average molecular weight is 261 g/mol. The molecule has 1 N–H and O–H groups in total. The Morgan fingerprint density at radius 3 is 2.53 bits per heavy atom. The van der Waals surface area contributed by atoms with E-state index in [0.29, 0.717) is 11.8 Å². The summed E-state index contributed by atoms with van der Waals surface area (Å²) in [5.74, 6) is 2.06. The molecule has 2 heteroatoms. The van der Waals surface area contributed by atoms with Crippen LogP contribution in [-0.2, 0) is 6.42 Å². The Labute approximate surface area is 117 Å². The van der Waals surface area contributed by atoms with Crippen molar-refractivity contribution in [1.82, 2.24) is 4.90 Å². The van der Waals surface area contributed by atoms with E-state index in [1.807, 2.05) is 12.1 Å². The fourth-order valence-electron chi connectivity index (χ4n) is 2.92. The van der Waals surface area contributed by atoms with Crippen molar-refractivity contribution in [3.63, 3.8) is 0 Å². The molecule has 2 nitrogen and oxygen atoms in total. The lowest BCUT2D eigenvalue weighted by Gasteiger charge is -2.39. The first-order valence-corrected chi connectivity index (χ1v) is 7.58. The predicted molar refractivity (Wildman–Crippen MR) is 80.4 cm³/mol. The number of phenolic OH excluding ortho intramolecular Hbond substituents is 1. The third kappa shape index (κ3) is 3.97. The largest absolute Gasteiger partial charge is 0.508 e. The lowest BCUT2D eigenvalue weighted by molar-refractivity contribution is 0.0988. The quantitative estimate of drug-likeness (QED) is 0.893. The third-order valence-electron chi connectivity index (χ3n) is 4.78. The molecule has 1 heterocycles. The predicted octanol–water partition coefficient (Wildman–Crippen LogP) is 3.69. The van der Waals surface area contributed by atoms with Gasteiger partial charge in [-0.3, -0.25) is 0 Å². The SMILES string of the molecule is CC1CCN(C(C)CCc2ccc(O)cc2)CC1C. The summed E-state index contributed by atoms with van der Waals surface area (Å²) in [7, 11) is 0. The number of benzene rings is 1. The fourth-order valence-corrected chi connectivity index (χ4v) is 2.92. The number of rotatable bonds is 4. The van der Waals surface area contributed by atoms with Crippen LogP contribution in [0.4, 0.5) is 0 Å². The molecule has 0 bridgehead atoms. The van der Waals surface area contributed by atoms with Crippen molar-refractivity contribution in [2.45, 2.75) is 46.1 Å². The lowest BCUT2D eigenvalue weighted by atomic mass is 9.87. The van der Waals surface area contributed by atoms with Gasteiger partial charge in [-0.05, 0) is 62.3 Å². The number of phenols is 1. The van der Waals surface area contributed by atoms with Gasteiger partial charge < -0.3 is 10.0 Å². The maximum Gasteiger partial charge on any atom is 0.115 e. The zero-order valence-corrected chi connectivity index (χ0v) is 12.5. The summed E-state index contributed by atoms with van der Waals surface area (Å²) in [6.07, 6.45) is 3.64. The normalized spacial score (nSPS) is 26.3. The van der Waals surface area contributed by atoms with Crippen LogP contribution in [0.5, 0.6) is 5.75 Å². The Morgan fingerprint density at radius 2 is 1.89 bits per heavy atom. The molecule has 3 unspecified atom stereocenters. The number of hydrogen-bond donors (Lipinski definition) is 1. The van der Waals surface area contributed by atoms with E-state index in [2.05, 4.69) is 25.7 Å². The number of likely N-dealkylation sites (tertiary alicyclic amines) is 1. The highest BCUT2D eigenvalue weighted by molar-refractivity contribution is 5.25. The molecule has 2 rings (SSSR count). The molecule has 0 aromatic heterocycles. The van der Waals surface area contributed by atoms with Crippen LogP contribution in [-0.4, -0.2) is 29.1 Å². The monoisotopic (exact) mass is 261 g/mol. The first-order valence-electron chi connectivity index (χ1n) is 7.58. The summed E-state index contributed by atoms with van der Waals surface area (Å²) in [4.78, 5) is 2.64. The molecule has 0 spiro atoms. The Bertz CT molecular complexity index is 387. The van der Waals surface area contributed by atoms with Gasteiger partial charge in [-0.25, -0.2) is 0 Å². The highest BCUT2D eigenvalue weighted by atomic mass is 16.3. The molecule has 0 amide bonds. The molecule has 1 aromatic carbocycles. The molecule has 0 saturated carbocycles. The van der Waals surface area contributed by atoms with Gasteiger partial charge in [0, 0.05) is 12.6 Å². The van der Waals surface area contributed by atoms with E-state index in [4.69, 9.17) is 0 Å². The topological polar surface area (TPSA) is 23.5 Å². The van der Waals surface area contributed by atoms with Gasteiger partial charge in [0.1, 0.15) is 5.75 Å². The van der Waals surface area contributed by atoms with Crippen LogP contribution in [0.2, 0.25) is 0 Å². The van der Waals surface area contributed by atoms with Crippen LogP contribution in [0.1, 0.15) is 39.2 Å². The maximum atomic E-state index is 9.28. The van der Waals surface area contributed by atoms with Crippen LogP contribution in [0.15, 0.2) is 24.3 Å². The molecule has 0 aliphatic carbocycles. The van der Waals surface area contributed by atoms with Crippen LogP contribution in [0.3, 0.4) is 0 Å². The number of aryl methyl sites for hydroxylation is 1. The molecular weight excluding hydrogens is 234 g/mol. The zero-order valence-electron chi connectivity index (χ0n) is 12.5. The van der Waals surface area contributed by atoms with E-state index < -0.39 is 0 Å². The van der Waals surface area contributed by atoms with Crippen LogP contribution in [0.25, 0.3) is 0 Å². The van der Waals surface area contributed by atoms with Crippen molar-refractivity contribution < 1.29 is 5.11 Å². The van der Waals surface area contributed by atoms with Crippen LogP contribution >= 0.6 is 0 Å². The van der Waals surface area contributed by atoms with Gasteiger partial charge in [-0.1, -0.05) is 26.0 Å².